The monoisotopic (exact) mass is 508 g/mol. The van der Waals surface area contributed by atoms with Crippen molar-refractivity contribution in [3.05, 3.63) is 40.8 Å². The molecule has 2 saturated heterocycles. The first-order chi connectivity index (χ1) is 18.0. The second-order valence-electron chi connectivity index (χ2n) is 9.92. The molecule has 37 heavy (non-hydrogen) atoms. The molecule has 6 rings (SSSR count). The van der Waals surface area contributed by atoms with Crippen molar-refractivity contribution in [1.29, 1.82) is 0 Å². The van der Waals surface area contributed by atoms with E-state index in [1.165, 1.54) is 6.33 Å². The summed E-state index contributed by atoms with van der Waals surface area (Å²) in [5.41, 5.74) is 6.58. The second kappa shape index (κ2) is 9.42. The molecule has 2 atom stereocenters. The van der Waals surface area contributed by atoms with Crippen LogP contribution >= 0.6 is 0 Å². The smallest absolute Gasteiger partial charge is 0.293 e. The van der Waals surface area contributed by atoms with E-state index < -0.39 is 0 Å². The molecule has 0 aromatic carbocycles. The SMILES string of the molecule is CCC1CN(C(=O)c2ncnc(C)c2O)CCN1C1=C2CCCN2C2=NC(C3=CCOCC3)NN2C1=O. The predicted octanol–water partition coefficient (Wildman–Crippen LogP) is 0.724. The first-order valence-electron chi connectivity index (χ1n) is 13.0. The molecular weight excluding hydrogens is 476 g/mol. The summed E-state index contributed by atoms with van der Waals surface area (Å²) in [4.78, 5) is 46.1. The Morgan fingerprint density at radius 1 is 1.24 bits per heavy atom. The summed E-state index contributed by atoms with van der Waals surface area (Å²) in [5.74, 6) is 0.0805. The third kappa shape index (κ3) is 3.95. The molecule has 6 heterocycles. The van der Waals surface area contributed by atoms with Crippen LogP contribution in [0.5, 0.6) is 5.75 Å². The number of ether oxygens (including phenoxy) is 1. The summed E-state index contributed by atoms with van der Waals surface area (Å²) >= 11 is 0. The third-order valence-corrected chi connectivity index (χ3v) is 7.82. The van der Waals surface area contributed by atoms with Gasteiger partial charge in [0.1, 0.15) is 18.2 Å². The van der Waals surface area contributed by atoms with E-state index >= 15 is 0 Å². The Kier molecular flexibility index (Phi) is 6.07. The number of amides is 2. The molecule has 0 radical (unpaired) electrons. The van der Waals surface area contributed by atoms with Crippen molar-refractivity contribution >= 4 is 17.8 Å². The summed E-state index contributed by atoms with van der Waals surface area (Å²) in [6.45, 7) is 7.13. The van der Waals surface area contributed by atoms with Gasteiger partial charge in [0.2, 0.25) is 5.96 Å². The van der Waals surface area contributed by atoms with Crippen LogP contribution in [-0.2, 0) is 9.53 Å². The van der Waals surface area contributed by atoms with Gasteiger partial charge in [0.05, 0.1) is 24.6 Å². The lowest BCUT2D eigenvalue weighted by molar-refractivity contribution is -0.129. The molecule has 2 N–H and O–H groups in total. The highest BCUT2D eigenvalue weighted by Gasteiger charge is 2.47. The molecule has 12 heteroatoms. The summed E-state index contributed by atoms with van der Waals surface area (Å²) in [6.07, 6.45) is 6.41. The maximum absolute atomic E-state index is 13.9. The minimum atomic E-state index is -0.320. The molecule has 0 spiro atoms. The number of aryl methyl sites for hydroxylation is 1. The van der Waals surface area contributed by atoms with Crippen LogP contribution in [0.1, 0.15) is 48.8 Å². The number of fused-ring (bicyclic) bond motifs is 3. The number of rotatable bonds is 4. The van der Waals surface area contributed by atoms with Crippen LogP contribution in [0, 0.1) is 6.92 Å². The fourth-order valence-electron chi connectivity index (χ4n) is 5.79. The topological polar surface area (TPSA) is 127 Å². The van der Waals surface area contributed by atoms with E-state index in [4.69, 9.17) is 9.73 Å². The van der Waals surface area contributed by atoms with E-state index in [0.29, 0.717) is 50.2 Å². The minimum Gasteiger partial charge on any atom is -0.504 e. The summed E-state index contributed by atoms with van der Waals surface area (Å²) < 4.78 is 5.45. The van der Waals surface area contributed by atoms with Gasteiger partial charge in [0.25, 0.3) is 11.8 Å². The van der Waals surface area contributed by atoms with E-state index in [1.54, 1.807) is 16.8 Å². The lowest BCUT2D eigenvalue weighted by atomic mass is 10.0. The summed E-state index contributed by atoms with van der Waals surface area (Å²) in [6, 6.07) is -0.0493. The highest BCUT2D eigenvalue weighted by molar-refractivity contribution is 6.09. The fraction of sp³-hybridized carbons (Fsp3) is 0.560. The molecule has 196 valence electrons. The van der Waals surface area contributed by atoms with Gasteiger partial charge in [-0.1, -0.05) is 13.0 Å². The van der Waals surface area contributed by atoms with Crippen LogP contribution < -0.4 is 5.43 Å². The Labute approximate surface area is 215 Å². The number of guanidine groups is 1. The minimum absolute atomic E-state index is 0.0177. The zero-order valence-corrected chi connectivity index (χ0v) is 21.2. The van der Waals surface area contributed by atoms with E-state index in [1.807, 2.05) is 6.08 Å². The molecule has 2 amide bonds. The quantitative estimate of drug-likeness (QED) is 0.566. The van der Waals surface area contributed by atoms with Crippen LogP contribution in [0.4, 0.5) is 0 Å². The average Bonchev–Trinajstić information content (AvgIpc) is 3.58. The Morgan fingerprint density at radius 3 is 2.89 bits per heavy atom. The van der Waals surface area contributed by atoms with E-state index in [9.17, 15) is 14.7 Å². The molecule has 0 saturated carbocycles. The number of nitrogens with zero attached hydrogens (tertiary/aromatic N) is 7. The number of hydrogen-bond acceptors (Lipinski definition) is 10. The van der Waals surface area contributed by atoms with E-state index in [0.717, 1.165) is 43.5 Å². The standard InChI is InChI=1S/C25H32N8O4/c1-3-17-13-30(23(35)19-21(34)15(2)26-14-27-19)9-10-31(17)20-18-5-4-8-32(18)25-28-22(29-33(25)24(20)36)16-6-11-37-12-7-16/h6,14,17,22,29,34H,3-5,7-13H2,1-2H3. The van der Waals surface area contributed by atoms with Crippen molar-refractivity contribution in [2.45, 2.75) is 51.7 Å². The number of aromatic hydroxyl groups is 1. The number of hydrazine groups is 1. The molecular formula is C25H32N8O4. The van der Waals surface area contributed by atoms with Gasteiger partial charge in [-0.15, -0.1) is 0 Å². The molecule has 0 aliphatic carbocycles. The second-order valence-corrected chi connectivity index (χ2v) is 9.92. The lowest BCUT2D eigenvalue weighted by Gasteiger charge is -2.46. The van der Waals surface area contributed by atoms with Crippen molar-refractivity contribution in [2.24, 2.45) is 4.99 Å². The number of carbonyl (C=O) groups excluding carboxylic acids is 2. The molecule has 12 nitrogen and oxygen atoms in total. The number of aromatic nitrogens is 2. The maximum Gasteiger partial charge on any atom is 0.293 e. The Bertz CT molecular complexity index is 1230. The zero-order chi connectivity index (χ0) is 25.7. The van der Waals surface area contributed by atoms with Crippen LogP contribution in [0.25, 0.3) is 0 Å². The van der Waals surface area contributed by atoms with Crippen LogP contribution in [0.2, 0.25) is 0 Å². The number of carbonyl (C=O) groups is 2. The number of nitrogens with one attached hydrogen (secondary N) is 1. The molecule has 0 bridgehead atoms. The molecule has 2 fully saturated rings. The Morgan fingerprint density at radius 2 is 2.11 bits per heavy atom. The third-order valence-electron chi connectivity index (χ3n) is 7.82. The van der Waals surface area contributed by atoms with E-state index in [2.05, 4.69) is 32.1 Å². The van der Waals surface area contributed by atoms with Gasteiger partial charge in [-0.05, 0) is 38.2 Å². The number of hydrogen-bond donors (Lipinski definition) is 2. The first-order valence-corrected chi connectivity index (χ1v) is 13.0. The van der Waals surface area contributed by atoms with Gasteiger partial charge >= 0.3 is 0 Å². The van der Waals surface area contributed by atoms with Crippen LogP contribution in [0.15, 0.2) is 34.4 Å². The van der Waals surface area contributed by atoms with E-state index in [-0.39, 0.29) is 35.5 Å². The molecule has 1 aromatic rings. The molecule has 5 aliphatic heterocycles. The highest BCUT2D eigenvalue weighted by Crippen LogP contribution is 2.36. The van der Waals surface area contributed by atoms with Gasteiger partial charge in [-0.3, -0.25) is 9.59 Å². The van der Waals surface area contributed by atoms with Crippen molar-refractivity contribution in [2.75, 3.05) is 39.4 Å². The lowest BCUT2D eigenvalue weighted by Crippen LogP contribution is -2.61. The Hall–Kier alpha value is -3.51. The van der Waals surface area contributed by atoms with Gasteiger partial charge in [-0.25, -0.2) is 20.0 Å². The van der Waals surface area contributed by atoms with Gasteiger partial charge in [0, 0.05) is 32.2 Å². The predicted molar refractivity (Wildman–Crippen MR) is 133 cm³/mol. The van der Waals surface area contributed by atoms with Crippen LogP contribution in [0.3, 0.4) is 0 Å². The average molecular weight is 509 g/mol. The number of piperazine rings is 1. The number of aliphatic imine (C=N–C) groups is 1. The van der Waals surface area contributed by atoms with Crippen molar-refractivity contribution < 1.29 is 19.4 Å². The van der Waals surface area contributed by atoms with Gasteiger partial charge in [-0.2, -0.15) is 5.43 Å². The number of allylic oxidation sites excluding steroid dienone is 1. The normalized spacial score (nSPS) is 25.8. The summed E-state index contributed by atoms with van der Waals surface area (Å²) in [7, 11) is 0. The van der Waals surface area contributed by atoms with Crippen molar-refractivity contribution in [3.63, 3.8) is 0 Å². The molecule has 5 aliphatic rings. The maximum atomic E-state index is 13.9. The highest BCUT2D eigenvalue weighted by atomic mass is 16.5. The Balaban J connectivity index is 1.25. The zero-order valence-electron chi connectivity index (χ0n) is 21.2. The molecule has 2 unspecified atom stereocenters. The molecule has 1 aromatic heterocycles. The fourth-order valence-corrected chi connectivity index (χ4v) is 5.79. The summed E-state index contributed by atoms with van der Waals surface area (Å²) in [5, 5.41) is 12.0. The van der Waals surface area contributed by atoms with Gasteiger partial charge < -0.3 is 24.5 Å². The van der Waals surface area contributed by atoms with Crippen molar-refractivity contribution in [3.8, 4) is 5.75 Å². The van der Waals surface area contributed by atoms with Crippen molar-refractivity contribution in [1.82, 2.24) is 35.1 Å². The van der Waals surface area contributed by atoms with Gasteiger partial charge in [0.15, 0.2) is 11.4 Å². The largest absolute Gasteiger partial charge is 0.504 e. The van der Waals surface area contributed by atoms with Crippen LogP contribution in [-0.4, -0.2) is 104 Å². The first kappa shape index (κ1) is 23.9.